The number of hydrogen-bond donors (Lipinski definition) is 3. The molecule has 3 aromatic rings. The largest absolute Gasteiger partial charge is 0.465 e. The van der Waals surface area contributed by atoms with Gasteiger partial charge in [0.25, 0.3) is 5.91 Å². The summed E-state index contributed by atoms with van der Waals surface area (Å²) in [6, 6.07) is 5.01. The molecular weight excluding hydrogens is 417 g/mol. The molecule has 29 heavy (non-hydrogen) atoms. The van der Waals surface area contributed by atoms with Gasteiger partial charge in [0, 0.05) is 24.5 Å². The van der Waals surface area contributed by atoms with E-state index in [9.17, 15) is 9.59 Å². The van der Waals surface area contributed by atoms with Crippen molar-refractivity contribution in [3.8, 4) is 11.3 Å². The number of nitrogens with zero attached hydrogens (tertiary/aromatic N) is 2. The van der Waals surface area contributed by atoms with E-state index in [0.717, 1.165) is 0 Å². The highest BCUT2D eigenvalue weighted by molar-refractivity contribution is 6.44. The standard InChI is InChI=1S/C19H17Cl2N5O3/c1-9-14(20)15(21)16(25-9)18(27)26-11-4-5-13(23-8-11)10-6-12(19(28)29-3)17(22-2)24-7-10/h4-8,25H,1-3H3,(H,22,24)(H,26,27). The summed E-state index contributed by atoms with van der Waals surface area (Å²) < 4.78 is 4.78. The van der Waals surface area contributed by atoms with Crippen molar-refractivity contribution in [1.29, 1.82) is 0 Å². The van der Waals surface area contributed by atoms with Gasteiger partial charge in [0.05, 0.1) is 34.7 Å². The third-order valence-electron chi connectivity index (χ3n) is 4.13. The smallest absolute Gasteiger partial charge is 0.341 e. The number of esters is 1. The van der Waals surface area contributed by atoms with E-state index in [1.807, 2.05) is 0 Å². The van der Waals surface area contributed by atoms with Crippen molar-refractivity contribution >= 4 is 46.6 Å². The molecule has 0 spiro atoms. The molecule has 0 aliphatic heterocycles. The van der Waals surface area contributed by atoms with E-state index >= 15 is 0 Å². The van der Waals surface area contributed by atoms with E-state index < -0.39 is 11.9 Å². The summed E-state index contributed by atoms with van der Waals surface area (Å²) in [6.45, 7) is 1.72. The van der Waals surface area contributed by atoms with Crippen molar-refractivity contribution in [2.45, 2.75) is 6.92 Å². The summed E-state index contributed by atoms with van der Waals surface area (Å²) in [5, 5.41) is 6.02. The summed E-state index contributed by atoms with van der Waals surface area (Å²) >= 11 is 12.1. The van der Waals surface area contributed by atoms with Crippen LogP contribution >= 0.6 is 23.2 Å². The lowest BCUT2D eigenvalue weighted by Gasteiger charge is -2.09. The quantitative estimate of drug-likeness (QED) is 0.521. The predicted octanol–water partition coefficient (Wildman–Crippen LogP) is 4.17. The zero-order valence-electron chi connectivity index (χ0n) is 15.8. The van der Waals surface area contributed by atoms with E-state index in [1.54, 1.807) is 38.4 Å². The summed E-state index contributed by atoms with van der Waals surface area (Å²) in [7, 11) is 2.96. The highest BCUT2D eigenvalue weighted by atomic mass is 35.5. The number of amides is 1. The number of H-pyrrole nitrogens is 1. The summed E-state index contributed by atoms with van der Waals surface area (Å²) in [5.41, 5.74) is 2.73. The Bertz CT molecular complexity index is 1080. The molecule has 0 unspecified atom stereocenters. The minimum atomic E-state index is -0.510. The minimum Gasteiger partial charge on any atom is -0.465 e. The number of nitrogens with one attached hydrogen (secondary N) is 3. The van der Waals surface area contributed by atoms with Crippen LogP contribution in [0.3, 0.4) is 0 Å². The maximum absolute atomic E-state index is 12.4. The highest BCUT2D eigenvalue weighted by Crippen LogP contribution is 2.29. The normalized spacial score (nSPS) is 10.5. The molecular formula is C19H17Cl2N5O3. The summed E-state index contributed by atoms with van der Waals surface area (Å²) in [6.07, 6.45) is 3.07. The fourth-order valence-corrected chi connectivity index (χ4v) is 3.05. The van der Waals surface area contributed by atoms with Gasteiger partial charge >= 0.3 is 5.97 Å². The van der Waals surface area contributed by atoms with Crippen LogP contribution in [-0.2, 0) is 4.74 Å². The Kier molecular flexibility index (Phi) is 6.05. The van der Waals surface area contributed by atoms with Gasteiger partial charge in [-0.3, -0.25) is 9.78 Å². The van der Waals surface area contributed by atoms with Gasteiger partial charge in [-0.05, 0) is 25.1 Å². The van der Waals surface area contributed by atoms with Crippen LogP contribution in [-0.4, -0.2) is 41.0 Å². The lowest BCUT2D eigenvalue weighted by molar-refractivity contribution is 0.0601. The van der Waals surface area contributed by atoms with Crippen molar-refractivity contribution in [3.05, 3.63) is 57.6 Å². The Labute approximate surface area is 176 Å². The maximum Gasteiger partial charge on any atom is 0.341 e. The van der Waals surface area contributed by atoms with E-state index in [2.05, 4.69) is 25.6 Å². The van der Waals surface area contributed by atoms with Gasteiger partial charge in [0.2, 0.25) is 0 Å². The molecule has 10 heteroatoms. The molecule has 0 aliphatic carbocycles. The molecule has 0 aromatic carbocycles. The van der Waals surface area contributed by atoms with Crippen LogP contribution < -0.4 is 10.6 Å². The lowest BCUT2D eigenvalue weighted by Crippen LogP contribution is -2.13. The number of aromatic amines is 1. The number of aromatic nitrogens is 3. The molecule has 0 radical (unpaired) electrons. The number of hydrogen-bond acceptors (Lipinski definition) is 6. The van der Waals surface area contributed by atoms with E-state index in [1.165, 1.54) is 13.3 Å². The first-order valence-corrected chi connectivity index (χ1v) is 9.18. The van der Waals surface area contributed by atoms with Crippen LogP contribution in [0, 0.1) is 6.92 Å². The van der Waals surface area contributed by atoms with E-state index in [0.29, 0.717) is 39.0 Å². The first kappa shape index (κ1) is 20.6. The van der Waals surface area contributed by atoms with E-state index in [-0.39, 0.29) is 10.7 Å². The summed E-state index contributed by atoms with van der Waals surface area (Å²) in [5.74, 6) is -0.543. The molecule has 3 heterocycles. The average molecular weight is 434 g/mol. The maximum atomic E-state index is 12.4. The van der Waals surface area contributed by atoms with Crippen LogP contribution in [0.5, 0.6) is 0 Å². The van der Waals surface area contributed by atoms with Crippen LogP contribution in [0.4, 0.5) is 11.5 Å². The Morgan fingerprint density at radius 2 is 1.90 bits per heavy atom. The molecule has 3 rings (SSSR count). The fourth-order valence-electron chi connectivity index (χ4n) is 2.63. The molecule has 3 N–H and O–H groups in total. The number of ether oxygens (including phenoxy) is 1. The number of rotatable bonds is 5. The second-order valence-corrected chi connectivity index (χ2v) is 6.76. The number of aryl methyl sites for hydroxylation is 1. The molecule has 150 valence electrons. The predicted molar refractivity (Wildman–Crippen MR) is 112 cm³/mol. The lowest BCUT2D eigenvalue weighted by atomic mass is 10.1. The number of methoxy groups -OCH3 is 1. The molecule has 0 bridgehead atoms. The first-order chi connectivity index (χ1) is 13.8. The average Bonchev–Trinajstić information content (AvgIpc) is 3.00. The molecule has 1 amide bonds. The SMILES string of the molecule is CNc1ncc(-c2ccc(NC(=O)c3[nH]c(C)c(Cl)c3Cl)cn2)cc1C(=O)OC. The molecule has 0 saturated heterocycles. The first-order valence-electron chi connectivity index (χ1n) is 8.43. The fraction of sp³-hybridized carbons (Fsp3) is 0.158. The minimum absolute atomic E-state index is 0.164. The van der Waals surface area contributed by atoms with Gasteiger partial charge in [-0.2, -0.15) is 0 Å². The van der Waals surface area contributed by atoms with Crippen molar-refractivity contribution in [3.63, 3.8) is 0 Å². The Hall–Kier alpha value is -3.10. The van der Waals surface area contributed by atoms with Gasteiger partial charge < -0.3 is 20.4 Å². The molecule has 0 aliphatic rings. The second-order valence-electron chi connectivity index (χ2n) is 6.00. The van der Waals surface area contributed by atoms with Crippen molar-refractivity contribution in [2.24, 2.45) is 0 Å². The highest BCUT2D eigenvalue weighted by Gasteiger charge is 2.18. The van der Waals surface area contributed by atoms with Crippen LogP contribution in [0.15, 0.2) is 30.6 Å². The van der Waals surface area contributed by atoms with Crippen molar-refractivity contribution in [2.75, 3.05) is 24.8 Å². The second kappa shape index (κ2) is 8.50. The molecule has 3 aromatic heterocycles. The summed E-state index contributed by atoms with van der Waals surface area (Å²) in [4.78, 5) is 35.7. The Morgan fingerprint density at radius 1 is 1.14 bits per heavy atom. The zero-order valence-corrected chi connectivity index (χ0v) is 17.3. The van der Waals surface area contributed by atoms with Crippen LogP contribution in [0.25, 0.3) is 11.3 Å². The molecule has 8 nitrogen and oxygen atoms in total. The molecule has 0 fully saturated rings. The topological polar surface area (TPSA) is 109 Å². The van der Waals surface area contributed by atoms with E-state index in [4.69, 9.17) is 27.9 Å². The van der Waals surface area contributed by atoms with Crippen molar-refractivity contribution in [1.82, 2.24) is 15.0 Å². The number of anilines is 2. The Balaban J connectivity index is 1.82. The third-order valence-corrected chi connectivity index (χ3v) is 5.08. The van der Waals surface area contributed by atoms with Gasteiger partial charge in [0.15, 0.2) is 0 Å². The van der Waals surface area contributed by atoms with Gasteiger partial charge in [-0.25, -0.2) is 9.78 Å². The van der Waals surface area contributed by atoms with Gasteiger partial charge in [-0.15, -0.1) is 0 Å². The zero-order chi connectivity index (χ0) is 21.1. The van der Waals surface area contributed by atoms with Crippen LogP contribution in [0.1, 0.15) is 26.5 Å². The van der Waals surface area contributed by atoms with Gasteiger partial charge in [-0.1, -0.05) is 23.2 Å². The number of halogens is 2. The third kappa shape index (κ3) is 4.18. The van der Waals surface area contributed by atoms with Crippen molar-refractivity contribution < 1.29 is 14.3 Å². The van der Waals surface area contributed by atoms with Crippen LogP contribution in [0.2, 0.25) is 10.0 Å². The number of pyridine rings is 2. The number of carbonyl (C=O) groups is 2. The monoisotopic (exact) mass is 433 g/mol. The van der Waals surface area contributed by atoms with Gasteiger partial charge in [0.1, 0.15) is 17.1 Å². The molecule has 0 saturated carbocycles. The Morgan fingerprint density at radius 3 is 2.45 bits per heavy atom. The molecule has 0 atom stereocenters. The number of carbonyl (C=O) groups excluding carboxylic acids is 2.